The second kappa shape index (κ2) is 4.23. The van der Waals surface area contributed by atoms with E-state index in [1.807, 2.05) is 64.0 Å². The van der Waals surface area contributed by atoms with E-state index < -0.39 is 5.60 Å². The second-order valence-corrected chi connectivity index (χ2v) is 4.74. The van der Waals surface area contributed by atoms with Gasteiger partial charge in [-0.1, -0.05) is 26.0 Å². The Hall–Kier alpha value is -1.02. The topological polar surface area (TPSA) is 23.5 Å². The van der Waals surface area contributed by atoms with Gasteiger partial charge in [0.25, 0.3) is 0 Å². The highest BCUT2D eigenvalue weighted by Gasteiger charge is 2.26. The van der Waals surface area contributed by atoms with Crippen molar-refractivity contribution >= 4 is 5.69 Å². The molecule has 2 nitrogen and oxygen atoms in total. The van der Waals surface area contributed by atoms with Crippen LogP contribution in [0.25, 0.3) is 0 Å². The fraction of sp³-hybridized carbons (Fsp3) is 0.538. The lowest BCUT2D eigenvalue weighted by Crippen LogP contribution is -2.27. The maximum atomic E-state index is 10.3. The minimum Gasteiger partial charge on any atom is -0.385 e. The number of nitrogens with zero attached hydrogens (tertiary/aromatic N) is 1. The van der Waals surface area contributed by atoms with E-state index in [-0.39, 0.29) is 5.92 Å². The first-order valence-electron chi connectivity index (χ1n) is 5.36. The first-order chi connectivity index (χ1) is 6.85. The van der Waals surface area contributed by atoms with Gasteiger partial charge in [-0.2, -0.15) is 0 Å². The van der Waals surface area contributed by atoms with Gasteiger partial charge in [-0.05, 0) is 30.5 Å². The van der Waals surface area contributed by atoms with Crippen molar-refractivity contribution in [3.63, 3.8) is 0 Å². The number of benzene rings is 1. The Morgan fingerprint density at radius 3 is 1.93 bits per heavy atom. The second-order valence-electron chi connectivity index (χ2n) is 4.74. The molecule has 15 heavy (non-hydrogen) atoms. The Morgan fingerprint density at radius 1 is 1.13 bits per heavy atom. The van der Waals surface area contributed by atoms with Gasteiger partial charge in [0.05, 0.1) is 5.60 Å². The van der Waals surface area contributed by atoms with Gasteiger partial charge in [-0.3, -0.25) is 0 Å². The standard InChI is InChI=1S/C13H21NO/c1-10(2)13(3,15)11-6-8-12(9-7-11)14(4)5/h6-10,15H,1-5H3. The molecule has 0 aliphatic heterocycles. The molecule has 1 N–H and O–H groups in total. The maximum Gasteiger partial charge on any atom is 0.0891 e. The van der Waals surface area contributed by atoms with Crippen LogP contribution >= 0.6 is 0 Å². The first-order valence-corrected chi connectivity index (χ1v) is 5.36. The molecule has 0 aliphatic rings. The number of rotatable bonds is 3. The molecule has 0 aromatic heterocycles. The summed E-state index contributed by atoms with van der Waals surface area (Å²) < 4.78 is 0. The normalized spacial score (nSPS) is 15.1. The zero-order chi connectivity index (χ0) is 11.6. The summed E-state index contributed by atoms with van der Waals surface area (Å²) in [5, 5.41) is 10.3. The van der Waals surface area contributed by atoms with Gasteiger partial charge in [-0.15, -0.1) is 0 Å². The molecule has 2 heteroatoms. The summed E-state index contributed by atoms with van der Waals surface area (Å²) in [4.78, 5) is 2.05. The van der Waals surface area contributed by atoms with Crippen LogP contribution in [-0.2, 0) is 5.60 Å². The number of hydrogen-bond acceptors (Lipinski definition) is 2. The van der Waals surface area contributed by atoms with Crippen molar-refractivity contribution in [3.05, 3.63) is 29.8 Å². The molecule has 1 atom stereocenters. The summed E-state index contributed by atoms with van der Waals surface area (Å²) in [5.41, 5.74) is 1.38. The maximum absolute atomic E-state index is 10.3. The molecular weight excluding hydrogens is 186 g/mol. The van der Waals surface area contributed by atoms with Crippen LogP contribution in [0.3, 0.4) is 0 Å². The Kier molecular flexibility index (Phi) is 3.40. The van der Waals surface area contributed by atoms with Crippen molar-refractivity contribution in [3.8, 4) is 0 Å². The van der Waals surface area contributed by atoms with E-state index in [1.54, 1.807) is 0 Å². The predicted octanol–water partition coefficient (Wildman–Crippen LogP) is 2.62. The Balaban J connectivity index is 2.98. The number of anilines is 1. The highest BCUT2D eigenvalue weighted by atomic mass is 16.3. The third-order valence-electron chi connectivity index (χ3n) is 3.09. The van der Waals surface area contributed by atoms with Crippen molar-refractivity contribution in [2.24, 2.45) is 5.92 Å². The summed E-state index contributed by atoms with van der Waals surface area (Å²) in [6.45, 7) is 5.92. The monoisotopic (exact) mass is 207 g/mol. The van der Waals surface area contributed by atoms with E-state index in [1.165, 1.54) is 0 Å². The summed E-state index contributed by atoms with van der Waals surface area (Å²) in [6.07, 6.45) is 0. The van der Waals surface area contributed by atoms with Crippen LogP contribution in [0.2, 0.25) is 0 Å². The highest BCUT2D eigenvalue weighted by Crippen LogP contribution is 2.29. The number of aliphatic hydroxyl groups is 1. The SMILES string of the molecule is CC(C)C(C)(O)c1ccc(N(C)C)cc1. The molecular formula is C13H21NO. The molecule has 0 fully saturated rings. The molecule has 0 spiro atoms. The van der Waals surface area contributed by atoms with E-state index in [4.69, 9.17) is 0 Å². The molecule has 0 amide bonds. The summed E-state index contributed by atoms with van der Waals surface area (Å²) in [7, 11) is 4.02. The Morgan fingerprint density at radius 2 is 1.60 bits per heavy atom. The van der Waals surface area contributed by atoms with Crippen LogP contribution in [0.5, 0.6) is 0 Å². The van der Waals surface area contributed by atoms with Crippen LogP contribution < -0.4 is 4.90 Å². The van der Waals surface area contributed by atoms with Crippen molar-refractivity contribution in [1.82, 2.24) is 0 Å². The van der Waals surface area contributed by atoms with E-state index in [9.17, 15) is 5.11 Å². The minimum absolute atomic E-state index is 0.211. The summed E-state index contributed by atoms with van der Waals surface area (Å²) >= 11 is 0. The molecule has 84 valence electrons. The lowest BCUT2D eigenvalue weighted by Gasteiger charge is -2.28. The lowest BCUT2D eigenvalue weighted by atomic mass is 9.85. The van der Waals surface area contributed by atoms with Crippen LogP contribution in [0.4, 0.5) is 5.69 Å². The summed E-state index contributed by atoms with van der Waals surface area (Å²) in [6, 6.07) is 8.06. The molecule has 0 bridgehead atoms. The Bertz CT molecular complexity index is 312. The van der Waals surface area contributed by atoms with E-state index in [2.05, 4.69) is 0 Å². The highest BCUT2D eigenvalue weighted by molar-refractivity contribution is 5.46. The third-order valence-corrected chi connectivity index (χ3v) is 3.09. The Labute approximate surface area is 92.5 Å². The van der Waals surface area contributed by atoms with Crippen molar-refractivity contribution in [2.75, 3.05) is 19.0 Å². The van der Waals surface area contributed by atoms with Gasteiger partial charge in [0.15, 0.2) is 0 Å². The average Bonchev–Trinajstić information content (AvgIpc) is 2.17. The molecule has 1 unspecified atom stereocenters. The average molecular weight is 207 g/mol. The van der Waals surface area contributed by atoms with Crippen LogP contribution in [-0.4, -0.2) is 19.2 Å². The van der Waals surface area contributed by atoms with Crippen molar-refractivity contribution in [1.29, 1.82) is 0 Å². The number of hydrogen-bond donors (Lipinski definition) is 1. The smallest absolute Gasteiger partial charge is 0.0891 e. The van der Waals surface area contributed by atoms with Gasteiger partial charge in [0, 0.05) is 19.8 Å². The molecule has 0 heterocycles. The van der Waals surface area contributed by atoms with E-state index in [0.29, 0.717) is 0 Å². The molecule has 0 saturated heterocycles. The molecule has 0 aliphatic carbocycles. The van der Waals surface area contributed by atoms with Crippen LogP contribution in [0.15, 0.2) is 24.3 Å². The third kappa shape index (κ3) is 2.51. The molecule has 0 radical (unpaired) electrons. The molecule has 1 rings (SSSR count). The molecule has 1 aromatic carbocycles. The summed E-state index contributed by atoms with van der Waals surface area (Å²) in [5.74, 6) is 0.211. The molecule has 1 aromatic rings. The van der Waals surface area contributed by atoms with Crippen LogP contribution in [0, 0.1) is 5.92 Å². The fourth-order valence-electron chi connectivity index (χ4n) is 1.43. The first kappa shape index (κ1) is 12.1. The van der Waals surface area contributed by atoms with E-state index >= 15 is 0 Å². The van der Waals surface area contributed by atoms with Gasteiger partial charge >= 0.3 is 0 Å². The zero-order valence-corrected chi connectivity index (χ0v) is 10.3. The molecule has 0 saturated carbocycles. The largest absolute Gasteiger partial charge is 0.385 e. The van der Waals surface area contributed by atoms with Gasteiger partial charge in [-0.25, -0.2) is 0 Å². The zero-order valence-electron chi connectivity index (χ0n) is 10.3. The van der Waals surface area contributed by atoms with Gasteiger partial charge in [0.1, 0.15) is 0 Å². The van der Waals surface area contributed by atoms with Gasteiger partial charge < -0.3 is 10.0 Å². The quantitative estimate of drug-likeness (QED) is 0.823. The van der Waals surface area contributed by atoms with Crippen molar-refractivity contribution in [2.45, 2.75) is 26.4 Å². The van der Waals surface area contributed by atoms with Crippen molar-refractivity contribution < 1.29 is 5.11 Å². The predicted molar refractivity (Wildman–Crippen MR) is 65.2 cm³/mol. The van der Waals surface area contributed by atoms with E-state index in [0.717, 1.165) is 11.3 Å². The van der Waals surface area contributed by atoms with Gasteiger partial charge in [0.2, 0.25) is 0 Å². The van der Waals surface area contributed by atoms with Crippen LogP contribution in [0.1, 0.15) is 26.3 Å². The lowest BCUT2D eigenvalue weighted by molar-refractivity contribution is 0.00906. The fourth-order valence-corrected chi connectivity index (χ4v) is 1.43. The minimum atomic E-state index is -0.745.